The molecule has 0 spiro atoms. The summed E-state index contributed by atoms with van der Waals surface area (Å²) in [6, 6.07) is 19.9. The van der Waals surface area contributed by atoms with E-state index in [2.05, 4.69) is 20.8 Å². The first-order valence-corrected chi connectivity index (χ1v) is 7.91. The number of nitrogens with one attached hydrogen (secondary N) is 1. The molecule has 0 aliphatic heterocycles. The maximum atomic E-state index is 5.39. The van der Waals surface area contributed by atoms with E-state index >= 15 is 0 Å². The van der Waals surface area contributed by atoms with Gasteiger partial charge in [0.2, 0.25) is 0 Å². The van der Waals surface area contributed by atoms with Crippen LogP contribution in [0.2, 0.25) is 0 Å². The van der Waals surface area contributed by atoms with Crippen molar-refractivity contribution in [3.8, 4) is 5.69 Å². The van der Waals surface area contributed by atoms with Crippen LogP contribution in [0.5, 0.6) is 0 Å². The molecule has 0 aliphatic rings. The number of hydrogen-bond acceptors (Lipinski definition) is 4. The first-order valence-electron chi connectivity index (χ1n) is 7.50. The number of anilines is 1. The standard InChI is InChI=1S/C17H17N5S/c23-17(18-14-8-3-1-4-9-14)13-7-12-16-19-20-21-22(16)15-10-5-2-6-11-15/h1-6,8-11H,7,12-13H2,(H,18,23). The van der Waals surface area contributed by atoms with Crippen molar-refractivity contribution in [3.63, 3.8) is 0 Å². The van der Waals surface area contributed by atoms with Gasteiger partial charge in [0, 0.05) is 12.1 Å². The van der Waals surface area contributed by atoms with E-state index in [-0.39, 0.29) is 0 Å². The number of tetrazole rings is 1. The van der Waals surface area contributed by atoms with Crippen molar-refractivity contribution in [2.75, 3.05) is 5.32 Å². The molecule has 0 radical (unpaired) electrons. The minimum Gasteiger partial charge on any atom is -0.350 e. The van der Waals surface area contributed by atoms with E-state index in [9.17, 15) is 0 Å². The van der Waals surface area contributed by atoms with Crippen molar-refractivity contribution in [1.29, 1.82) is 0 Å². The van der Waals surface area contributed by atoms with Crippen LogP contribution in [0, 0.1) is 0 Å². The predicted molar refractivity (Wildman–Crippen MR) is 94.8 cm³/mol. The topological polar surface area (TPSA) is 55.6 Å². The Morgan fingerprint density at radius 2 is 1.70 bits per heavy atom. The van der Waals surface area contributed by atoms with Gasteiger partial charge in [-0.2, -0.15) is 4.68 Å². The monoisotopic (exact) mass is 323 g/mol. The van der Waals surface area contributed by atoms with E-state index in [4.69, 9.17) is 12.2 Å². The second kappa shape index (κ2) is 7.60. The lowest BCUT2D eigenvalue weighted by Gasteiger charge is -2.08. The number of nitrogens with zero attached hydrogens (tertiary/aromatic N) is 4. The van der Waals surface area contributed by atoms with Gasteiger partial charge in [0.25, 0.3) is 0 Å². The number of para-hydroxylation sites is 2. The molecule has 0 saturated heterocycles. The third-order valence-corrected chi connectivity index (χ3v) is 3.70. The molecule has 0 bridgehead atoms. The van der Waals surface area contributed by atoms with Crippen LogP contribution in [0.4, 0.5) is 5.69 Å². The van der Waals surface area contributed by atoms with Crippen molar-refractivity contribution >= 4 is 22.9 Å². The Balaban J connectivity index is 1.54. The van der Waals surface area contributed by atoms with Gasteiger partial charge in [-0.1, -0.05) is 48.6 Å². The zero-order valence-corrected chi connectivity index (χ0v) is 13.4. The van der Waals surface area contributed by atoms with Crippen LogP contribution < -0.4 is 5.32 Å². The molecule has 1 aromatic heterocycles. The summed E-state index contributed by atoms with van der Waals surface area (Å²) in [6.07, 6.45) is 2.47. The predicted octanol–water partition coefficient (Wildman–Crippen LogP) is 3.42. The number of aromatic nitrogens is 4. The summed E-state index contributed by atoms with van der Waals surface area (Å²) < 4.78 is 1.77. The Morgan fingerprint density at radius 3 is 2.43 bits per heavy atom. The molecule has 0 aliphatic carbocycles. The second-order valence-corrected chi connectivity index (χ2v) is 5.60. The molecular formula is C17H17N5S. The number of aryl methyl sites for hydroxylation is 1. The fourth-order valence-electron chi connectivity index (χ4n) is 2.28. The van der Waals surface area contributed by atoms with E-state index in [1.54, 1.807) is 4.68 Å². The van der Waals surface area contributed by atoms with Gasteiger partial charge in [-0.05, 0) is 47.5 Å². The minimum absolute atomic E-state index is 0.776. The summed E-state index contributed by atoms with van der Waals surface area (Å²) in [7, 11) is 0. The molecule has 116 valence electrons. The first-order chi connectivity index (χ1) is 11.3. The van der Waals surface area contributed by atoms with E-state index in [0.29, 0.717) is 0 Å². The summed E-state index contributed by atoms with van der Waals surface area (Å²) in [4.78, 5) is 0.829. The quantitative estimate of drug-likeness (QED) is 0.704. The van der Waals surface area contributed by atoms with Crippen LogP contribution in [0.3, 0.4) is 0 Å². The van der Waals surface area contributed by atoms with Crippen LogP contribution in [0.1, 0.15) is 18.7 Å². The van der Waals surface area contributed by atoms with Crippen molar-refractivity contribution in [3.05, 3.63) is 66.5 Å². The Labute approximate surface area is 140 Å². The third kappa shape index (κ3) is 4.20. The van der Waals surface area contributed by atoms with Gasteiger partial charge in [-0.25, -0.2) is 0 Å². The lowest BCUT2D eigenvalue weighted by atomic mass is 10.2. The zero-order valence-electron chi connectivity index (χ0n) is 12.6. The van der Waals surface area contributed by atoms with Gasteiger partial charge in [-0.3, -0.25) is 0 Å². The number of benzene rings is 2. The van der Waals surface area contributed by atoms with Gasteiger partial charge in [0.15, 0.2) is 5.82 Å². The van der Waals surface area contributed by atoms with Gasteiger partial charge in [0.1, 0.15) is 0 Å². The van der Waals surface area contributed by atoms with Crippen LogP contribution in [-0.4, -0.2) is 25.2 Å². The normalized spacial score (nSPS) is 10.4. The Bertz CT molecular complexity index is 755. The van der Waals surface area contributed by atoms with Crippen molar-refractivity contribution < 1.29 is 0 Å². The number of thiocarbonyl (C=S) groups is 1. The second-order valence-electron chi connectivity index (χ2n) is 5.11. The molecule has 23 heavy (non-hydrogen) atoms. The molecule has 3 aromatic rings. The highest BCUT2D eigenvalue weighted by Gasteiger charge is 2.08. The number of hydrogen-bond donors (Lipinski definition) is 1. The Kier molecular flexibility index (Phi) is 5.06. The van der Waals surface area contributed by atoms with Gasteiger partial charge >= 0.3 is 0 Å². The first kappa shape index (κ1) is 15.3. The van der Waals surface area contributed by atoms with Crippen molar-refractivity contribution in [2.24, 2.45) is 0 Å². The van der Waals surface area contributed by atoms with Gasteiger partial charge in [0.05, 0.1) is 10.7 Å². The molecule has 6 heteroatoms. The highest BCUT2D eigenvalue weighted by atomic mass is 32.1. The molecule has 0 atom stereocenters. The van der Waals surface area contributed by atoms with E-state index in [1.165, 1.54) is 0 Å². The highest BCUT2D eigenvalue weighted by Crippen LogP contribution is 2.11. The molecule has 1 N–H and O–H groups in total. The summed E-state index contributed by atoms with van der Waals surface area (Å²) in [5.41, 5.74) is 1.99. The van der Waals surface area contributed by atoms with Gasteiger partial charge < -0.3 is 5.32 Å². The molecule has 1 heterocycles. The summed E-state index contributed by atoms with van der Waals surface area (Å²) in [6.45, 7) is 0. The zero-order chi connectivity index (χ0) is 15.9. The van der Waals surface area contributed by atoms with E-state index in [1.807, 2.05) is 60.7 Å². The van der Waals surface area contributed by atoms with Gasteiger partial charge in [-0.15, -0.1) is 5.10 Å². The molecular weight excluding hydrogens is 306 g/mol. The fourth-order valence-corrected chi connectivity index (χ4v) is 2.55. The summed E-state index contributed by atoms with van der Waals surface area (Å²) >= 11 is 5.39. The lowest BCUT2D eigenvalue weighted by Crippen LogP contribution is -2.10. The average Bonchev–Trinajstić information content (AvgIpc) is 3.05. The molecule has 2 aromatic carbocycles. The van der Waals surface area contributed by atoms with Crippen molar-refractivity contribution in [2.45, 2.75) is 19.3 Å². The minimum atomic E-state index is 0.776. The molecule has 0 amide bonds. The Morgan fingerprint density at radius 1 is 1.00 bits per heavy atom. The highest BCUT2D eigenvalue weighted by molar-refractivity contribution is 7.80. The average molecular weight is 323 g/mol. The maximum absolute atomic E-state index is 5.39. The largest absolute Gasteiger partial charge is 0.350 e. The van der Waals surface area contributed by atoms with E-state index < -0.39 is 0 Å². The molecule has 0 fully saturated rings. The molecule has 0 saturated carbocycles. The lowest BCUT2D eigenvalue weighted by molar-refractivity contribution is 0.735. The molecule has 3 rings (SSSR count). The molecule has 0 unspecified atom stereocenters. The van der Waals surface area contributed by atoms with Crippen LogP contribution >= 0.6 is 12.2 Å². The number of rotatable bonds is 6. The summed E-state index contributed by atoms with van der Waals surface area (Å²) in [5, 5.41) is 15.2. The van der Waals surface area contributed by atoms with Crippen LogP contribution in [0.15, 0.2) is 60.7 Å². The maximum Gasteiger partial charge on any atom is 0.156 e. The van der Waals surface area contributed by atoms with Crippen molar-refractivity contribution in [1.82, 2.24) is 20.2 Å². The van der Waals surface area contributed by atoms with Crippen LogP contribution in [0.25, 0.3) is 5.69 Å². The Hall–Kier alpha value is -2.60. The molecule has 5 nitrogen and oxygen atoms in total. The fraction of sp³-hybridized carbons (Fsp3) is 0.176. The third-order valence-electron chi connectivity index (χ3n) is 3.40. The summed E-state index contributed by atoms with van der Waals surface area (Å²) in [5.74, 6) is 0.846. The SMILES string of the molecule is S=C(CCCc1nnnn1-c1ccccc1)Nc1ccccc1. The van der Waals surface area contributed by atoms with Crippen LogP contribution in [-0.2, 0) is 6.42 Å². The van der Waals surface area contributed by atoms with E-state index in [0.717, 1.165) is 41.5 Å². The smallest absolute Gasteiger partial charge is 0.156 e.